The minimum absolute atomic E-state index is 0.0487. The van der Waals surface area contributed by atoms with Crippen molar-refractivity contribution in [2.75, 3.05) is 13.6 Å². The molecule has 0 heterocycles. The number of carboxylic acids is 1. The fourth-order valence-corrected chi connectivity index (χ4v) is 1.24. The summed E-state index contributed by atoms with van der Waals surface area (Å²) >= 11 is 0. The highest BCUT2D eigenvalue weighted by Crippen LogP contribution is 2.11. The Kier molecular flexibility index (Phi) is 5.27. The van der Waals surface area contributed by atoms with E-state index >= 15 is 0 Å². The first kappa shape index (κ1) is 14.7. The predicted octanol–water partition coefficient (Wildman–Crippen LogP) is 1.96. The van der Waals surface area contributed by atoms with Crippen LogP contribution >= 0.6 is 0 Å². The molecule has 1 N–H and O–H groups in total. The zero-order valence-corrected chi connectivity index (χ0v) is 10.6. The minimum Gasteiger partial charge on any atom is -0.481 e. The standard InChI is InChI=1S/C11H21NO4/c1-8(6-9(13)14)7-12(5)10(15)16-11(2,3)4/h8H,6-7H2,1-5H3,(H,13,14). The first-order valence-corrected chi connectivity index (χ1v) is 5.27. The topological polar surface area (TPSA) is 66.8 Å². The van der Waals surface area contributed by atoms with Crippen LogP contribution in [0.15, 0.2) is 0 Å². The van der Waals surface area contributed by atoms with E-state index in [0.717, 1.165) is 0 Å². The van der Waals surface area contributed by atoms with Crippen LogP contribution in [0.4, 0.5) is 4.79 Å². The zero-order chi connectivity index (χ0) is 12.9. The monoisotopic (exact) mass is 231 g/mol. The number of ether oxygens (including phenoxy) is 1. The van der Waals surface area contributed by atoms with E-state index in [0.29, 0.717) is 6.54 Å². The van der Waals surface area contributed by atoms with Gasteiger partial charge in [0.15, 0.2) is 0 Å². The van der Waals surface area contributed by atoms with Gasteiger partial charge in [0.1, 0.15) is 5.60 Å². The number of rotatable bonds is 4. The van der Waals surface area contributed by atoms with Crippen LogP contribution in [0.5, 0.6) is 0 Å². The second-order valence-electron chi connectivity index (χ2n) is 5.06. The Hall–Kier alpha value is -1.26. The van der Waals surface area contributed by atoms with Gasteiger partial charge in [-0.1, -0.05) is 6.92 Å². The van der Waals surface area contributed by atoms with E-state index < -0.39 is 17.7 Å². The molecule has 0 bridgehead atoms. The van der Waals surface area contributed by atoms with Gasteiger partial charge in [0, 0.05) is 20.0 Å². The van der Waals surface area contributed by atoms with E-state index in [2.05, 4.69) is 0 Å². The second kappa shape index (κ2) is 5.72. The van der Waals surface area contributed by atoms with Crippen molar-refractivity contribution in [3.63, 3.8) is 0 Å². The van der Waals surface area contributed by atoms with Crippen LogP contribution in [0.2, 0.25) is 0 Å². The molecule has 0 saturated heterocycles. The van der Waals surface area contributed by atoms with Gasteiger partial charge in [-0.3, -0.25) is 4.79 Å². The summed E-state index contributed by atoms with van der Waals surface area (Å²) in [6.07, 6.45) is -0.377. The fraction of sp³-hybridized carbons (Fsp3) is 0.818. The number of amides is 1. The SMILES string of the molecule is CC(CC(=O)O)CN(C)C(=O)OC(C)(C)C. The third-order valence-electron chi connectivity index (χ3n) is 1.81. The number of carbonyl (C=O) groups excluding carboxylic acids is 1. The Balaban J connectivity index is 4.10. The maximum atomic E-state index is 11.5. The first-order valence-electron chi connectivity index (χ1n) is 5.27. The van der Waals surface area contributed by atoms with Crippen LogP contribution in [0, 0.1) is 5.92 Å². The molecule has 0 aliphatic rings. The van der Waals surface area contributed by atoms with E-state index in [1.165, 1.54) is 4.90 Å². The molecule has 16 heavy (non-hydrogen) atoms. The number of hydrogen-bond donors (Lipinski definition) is 1. The molecule has 0 aromatic rings. The van der Waals surface area contributed by atoms with E-state index in [-0.39, 0.29) is 12.3 Å². The molecule has 0 aromatic carbocycles. The highest BCUT2D eigenvalue weighted by atomic mass is 16.6. The Morgan fingerprint density at radius 1 is 1.38 bits per heavy atom. The van der Waals surface area contributed by atoms with E-state index in [9.17, 15) is 9.59 Å². The molecule has 0 saturated carbocycles. The zero-order valence-electron chi connectivity index (χ0n) is 10.6. The molecule has 0 radical (unpaired) electrons. The highest BCUT2D eigenvalue weighted by molar-refractivity contribution is 5.68. The Labute approximate surface area is 96.4 Å². The minimum atomic E-state index is -0.856. The average molecular weight is 231 g/mol. The van der Waals surface area contributed by atoms with Crippen molar-refractivity contribution in [3.05, 3.63) is 0 Å². The lowest BCUT2D eigenvalue weighted by Gasteiger charge is -2.26. The van der Waals surface area contributed by atoms with Gasteiger partial charge < -0.3 is 14.7 Å². The Morgan fingerprint density at radius 3 is 2.25 bits per heavy atom. The Bertz CT molecular complexity index is 257. The number of carbonyl (C=O) groups is 2. The molecule has 0 spiro atoms. The molecule has 1 amide bonds. The van der Waals surface area contributed by atoms with Gasteiger partial charge in [-0.15, -0.1) is 0 Å². The van der Waals surface area contributed by atoms with E-state index in [1.807, 2.05) is 0 Å². The molecule has 5 nitrogen and oxygen atoms in total. The molecule has 0 rings (SSSR count). The van der Waals surface area contributed by atoms with Crippen molar-refractivity contribution < 1.29 is 19.4 Å². The summed E-state index contributed by atoms with van der Waals surface area (Å²) in [6.45, 7) is 7.54. The lowest BCUT2D eigenvalue weighted by Crippen LogP contribution is -2.36. The summed E-state index contributed by atoms with van der Waals surface area (Å²) in [6, 6.07) is 0. The molecule has 0 aliphatic carbocycles. The maximum absolute atomic E-state index is 11.5. The van der Waals surface area contributed by atoms with Crippen LogP contribution < -0.4 is 0 Å². The average Bonchev–Trinajstić information content (AvgIpc) is 1.98. The van der Waals surface area contributed by atoms with Crippen molar-refractivity contribution in [2.45, 2.75) is 39.7 Å². The summed E-state index contributed by atoms with van der Waals surface area (Å²) in [5, 5.41) is 8.59. The molecular weight excluding hydrogens is 210 g/mol. The number of nitrogens with zero attached hydrogens (tertiary/aromatic N) is 1. The number of hydrogen-bond acceptors (Lipinski definition) is 3. The second-order valence-corrected chi connectivity index (χ2v) is 5.06. The third-order valence-corrected chi connectivity index (χ3v) is 1.81. The van der Waals surface area contributed by atoms with Gasteiger partial charge in [0.05, 0.1) is 0 Å². The van der Waals surface area contributed by atoms with Gasteiger partial charge in [-0.05, 0) is 26.7 Å². The van der Waals surface area contributed by atoms with Crippen LogP contribution in [-0.4, -0.2) is 41.3 Å². The van der Waals surface area contributed by atoms with Gasteiger partial charge >= 0.3 is 12.1 Å². The van der Waals surface area contributed by atoms with Crippen LogP contribution in [0.25, 0.3) is 0 Å². The van der Waals surface area contributed by atoms with Crippen LogP contribution in [-0.2, 0) is 9.53 Å². The van der Waals surface area contributed by atoms with Crippen LogP contribution in [0.3, 0.4) is 0 Å². The van der Waals surface area contributed by atoms with Crippen molar-refractivity contribution >= 4 is 12.1 Å². The van der Waals surface area contributed by atoms with Crippen molar-refractivity contribution in [1.82, 2.24) is 4.90 Å². The molecular formula is C11H21NO4. The largest absolute Gasteiger partial charge is 0.481 e. The van der Waals surface area contributed by atoms with Gasteiger partial charge in [0.25, 0.3) is 0 Å². The normalized spacial score (nSPS) is 13.1. The quantitative estimate of drug-likeness (QED) is 0.803. The van der Waals surface area contributed by atoms with Crippen molar-refractivity contribution in [1.29, 1.82) is 0 Å². The maximum Gasteiger partial charge on any atom is 0.410 e. The fourth-order valence-electron chi connectivity index (χ4n) is 1.24. The first-order chi connectivity index (χ1) is 7.11. The molecule has 94 valence electrons. The number of aliphatic carboxylic acids is 1. The predicted molar refractivity (Wildman–Crippen MR) is 60.3 cm³/mol. The third kappa shape index (κ3) is 7.09. The Morgan fingerprint density at radius 2 is 1.88 bits per heavy atom. The molecule has 5 heteroatoms. The molecule has 1 atom stereocenters. The summed E-state index contributed by atoms with van der Waals surface area (Å²) < 4.78 is 5.14. The molecule has 1 unspecified atom stereocenters. The van der Waals surface area contributed by atoms with Gasteiger partial charge in [-0.2, -0.15) is 0 Å². The van der Waals surface area contributed by atoms with E-state index in [1.54, 1.807) is 34.7 Å². The van der Waals surface area contributed by atoms with Crippen molar-refractivity contribution in [3.8, 4) is 0 Å². The summed E-state index contributed by atoms with van der Waals surface area (Å²) in [5.41, 5.74) is -0.526. The lowest BCUT2D eigenvalue weighted by molar-refractivity contribution is -0.138. The van der Waals surface area contributed by atoms with Crippen molar-refractivity contribution in [2.24, 2.45) is 5.92 Å². The summed E-state index contributed by atoms with van der Waals surface area (Å²) in [4.78, 5) is 23.4. The van der Waals surface area contributed by atoms with Gasteiger partial charge in [0.2, 0.25) is 0 Å². The highest BCUT2D eigenvalue weighted by Gasteiger charge is 2.21. The molecule has 0 aromatic heterocycles. The molecule has 0 fully saturated rings. The van der Waals surface area contributed by atoms with Gasteiger partial charge in [-0.25, -0.2) is 4.79 Å². The van der Waals surface area contributed by atoms with Crippen LogP contribution in [0.1, 0.15) is 34.1 Å². The summed E-state index contributed by atoms with van der Waals surface area (Å²) in [7, 11) is 1.60. The summed E-state index contributed by atoms with van der Waals surface area (Å²) in [5.74, 6) is -0.944. The molecule has 0 aliphatic heterocycles. The lowest BCUT2D eigenvalue weighted by atomic mass is 10.1. The number of carboxylic acid groups (broad SMARTS) is 1. The van der Waals surface area contributed by atoms with E-state index in [4.69, 9.17) is 9.84 Å². The smallest absolute Gasteiger partial charge is 0.410 e.